The van der Waals surface area contributed by atoms with Crippen molar-refractivity contribution in [1.82, 2.24) is 10.2 Å². The molecule has 2 aliphatic heterocycles. The van der Waals surface area contributed by atoms with Crippen molar-refractivity contribution in [2.75, 3.05) is 26.7 Å². The van der Waals surface area contributed by atoms with E-state index in [9.17, 15) is 4.79 Å². The van der Waals surface area contributed by atoms with Gasteiger partial charge >= 0.3 is 0 Å². The van der Waals surface area contributed by atoms with Crippen molar-refractivity contribution in [2.45, 2.75) is 57.6 Å². The van der Waals surface area contributed by atoms with Gasteiger partial charge in [0, 0.05) is 19.7 Å². The maximum atomic E-state index is 12.5. The van der Waals surface area contributed by atoms with E-state index in [1.165, 1.54) is 19.3 Å². The standard InChI is InChI=1S/C15H28N2O2/c1-15(2,19-3)10-14(18)17-9-5-7-13(17)12-6-4-8-16-11-12/h12-13,16H,4-11H2,1-3H3. The highest BCUT2D eigenvalue weighted by molar-refractivity contribution is 5.77. The van der Waals surface area contributed by atoms with Crippen molar-refractivity contribution in [1.29, 1.82) is 0 Å². The summed E-state index contributed by atoms with van der Waals surface area (Å²) in [5.74, 6) is 0.908. The lowest BCUT2D eigenvalue weighted by Crippen LogP contribution is -2.47. The van der Waals surface area contributed by atoms with Crippen molar-refractivity contribution in [3.63, 3.8) is 0 Å². The number of nitrogens with zero attached hydrogens (tertiary/aromatic N) is 1. The minimum absolute atomic E-state index is 0.264. The number of nitrogens with one attached hydrogen (secondary N) is 1. The number of hydrogen-bond acceptors (Lipinski definition) is 3. The molecule has 0 aliphatic carbocycles. The number of hydrogen-bond donors (Lipinski definition) is 1. The van der Waals surface area contributed by atoms with E-state index >= 15 is 0 Å². The molecule has 0 aromatic carbocycles. The molecule has 0 radical (unpaired) electrons. The smallest absolute Gasteiger partial charge is 0.225 e. The Bertz CT molecular complexity index is 311. The van der Waals surface area contributed by atoms with E-state index in [2.05, 4.69) is 10.2 Å². The zero-order chi connectivity index (χ0) is 13.9. The molecule has 1 N–H and O–H groups in total. The summed E-state index contributed by atoms with van der Waals surface area (Å²) in [5.41, 5.74) is -0.352. The molecule has 0 aromatic heterocycles. The molecule has 2 fully saturated rings. The summed E-state index contributed by atoms with van der Waals surface area (Å²) in [6, 6.07) is 0.452. The number of amides is 1. The van der Waals surface area contributed by atoms with Crippen molar-refractivity contribution < 1.29 is 9.53 Å². The zero-order valence-corrected chi connectivity index (χ0v) is 12.6. The summed E-state index contributed by atoms with van der Waals surface area (Å²) in [6.45, 7) is 7.10. The predicted molar refractivity (Wildman–Crippen MR) is 76.0 cm³/mol. The molecule has 2 rings (SSSR count). The van der Waals surface area contributed by atoms with Crippen molar-refractivity contribution in [3.05, 3.63) is 0 Å². The Morgan fingerprint density at radius 3 is 2.79 bits per heavy atom. The minimum atomic E-state index is -0.352. The third kappa shape index (κ3) is 3.69. The summed E-state index contributed by atoms with van der Waals surface area (Å²) in [4.78, 5) is 14.6. The second-order valence-corrected chi connectivity index (χ2v) is 6.54. The summed E-state index contributed by atoms with van der Waals surface area (Å²) in [6.07, 6.45) is 5.31. The fraction of sp³-hybridized carbons (Fsp3) is 0.933. The van der Waals surface area contributed by atoms with Crippen LogP contribution in [0, 0.1) is 5.92 Å². The highest BCUT2D eigenvalue weighted by atomic mass is 16.5. The number of ether oxygens (including phenoxy) is 1. The Morgan fingerprint density at radius 1 is 1.37 bits per heavy atom. The number of likely N-dealkylation sites (tertiary alicyclic amines) is 1. The molecule has 2 aliphatic rings. The van der Waals surface area contributed by atoms with E-state index in [0.29, 0.717) is 18.4 Å². The van der Waals surface area contributed by atoms with Crippen LogP contribution in [0.25, 0.3) is 0 Å². The Balaban J connectivity index is 1.95. The van der Waals surface area contributed by atoms with Gasteiger partial charge in [-0.25, -0.2) is 0 Å². The summed E-state index contributed by atoms with van der Waals surface area (Å²) >= 11 is 0. The average molecular weight is 268 g/mol. The van der Waals surface area contributed by atoms with Gasteiger partial charge in [0.1, 0.15) is 0 Å². The van der Waals surface area contributed by atoms with Crippen LogP contribution in [0.5, 0.6) is 0 Å². The molecule has 0 spiro atoms. The first-order valence-electron chi connectivity index (χ1n) is 7.59. The maximum Gasteiger partial charge on any atom is 0.225 e. The SMILES string of the molecule is COC(C)(C)CC(=O)N1CCCC1C1CCCNC1. The number of rotatable bonds is 4. The van der Waals surface area contributed by atoms with Gasteiger partial charge in [0.15, 0.2) is 0 Å². The van der Waals surface area contributed by atoms with Gasteiger partial charge in [-0.05, 0) is 58.5 Å². The molecule has 110 valence electrons. The van der Waals surface area contributed by atoms with Gasteiger partial charge in [0.2, 0.25) is 5.91 Å². The quantitative estimate of drug-likeness (QED) is 0.845. The molecule has 0 aromatic rings. The molecule has 19 heavy (non-hydrogen) atoms. The van der Waals surface area contributed by atoms with Gasteiger partial charge in [0.25, 0.3) is 0 Å². The van der Waals surface area contributed by atoms with E-state index in [1.807, 2.05) is 13.8 Å². The Hall–Kier alpha value is -0.610. The monoisotopic (exact) mass is 268 g/mol. The number of carbonyl (C=O) groups is 1. The van der Waals surface area contributed by atoms with E-state index in [0.717, 1.165) is 26.1 Å². The summed E-state index contributed by atoms with van der Waals surface area (Å²) < 4.78 is 5.39. The molecule has 2 saturated heterocycles. The highest BCUT2D eigenvalue weighted by Gasteiger charge is 2.36. The van der Waals surface area contributed by atoms with Crippen LogP contribution in [0.1, 0.15) is 46.0 Å². The molecule has 0 bridgehead atoms. The van der Waals surface area contributed by atoms with Gasteiger partial charge in [-0.15, -0.1) is 0 Å². The molecule has 4 heteroatoms. The summed E-state index contributed by atoms with van der Waals surface area (Å²) in [5, 5.41) is 3.47. The first-order chi connectivity index (χ1) is 9.03. The molecular formula is C15H28N2O2. The fourth-order valence-corrected chi connectivity index (χ4v) is 3.34. The van der Waals surface area contributed by atoms with Gasteiger partial charge in [-0.2, -0.15) is 0 Å². The van der Waals surface area contributed by atoms with E-state index in [4.69, 9.17) is 4.74 Å². The van der Waals surface area contributed by atoms with Crippen molar-refractivity contribution in [2.24, 2.45) is 5.92 Å². The van der Waals surface area contributed by atoms with Crippen LogP contribution >= 0.6 is 0 Å². The molecular weight excluding hydrogens is 240 g/mol. The minimum Gasteiger partial charge on any atom is -0.378 e. The normalized spacial score (nSPS) is 28.7. The lowest BCUT2D eigenvalue weighted by molar-refractivity contribution is -0.138. The second-order valence-electron chi connectivity index (χ2n) is 6.54. The Labute approximate surface area is 116 Å². The van der Waals surface area contributed by atoms with E-state index in [1.54, 1.807) is 7.11 Å². The van der Waals surface area contributed by atoms with Crippen LogP contribution in [0.4, 0.5) is 0 Å². The third-order valence-corrected chi connectivity index (χ3v) is 4.63. The van der Waals surface area contributed by atoms with Crippen LogP contribution < -0.4 is 5.32 Å². The van der Waals surface area contributed by atoms with Crippen LogP contribution in [0.3, 0.4) is 0 Å². The number of piperidine rings is 1. The van der Waals surface area contributed by atoms with Gasteiger partial charge in [0.05, 0.1) is 12.0 Å². The highest BCUT2D eigenvalue weighted by Crippen LogP contribution is 2.29. The lowest BCUT2D eigenvalue weighted by Gasteiger charge is -2.35. The van der Waals surface area contributed by atoms with Crippen molar-refractivity contribution in [3.8, 4) is 0 Å². The van der Waals surface area contributed by atoms with Crippen LogP contribution in [-0.2, 0) is 9.53 Å². The molecule has 1 amide bonds. The molecule has 4 nitrogen and oxygen atoms in total. The van der Waals surface area contributed by atoms with Crippen LogP contribution in [-0.4, -0.2) is 49.2 Å². The van der Waals surface area contributed by atoms with Crippen LogP contribution in [0.15, 0.2) is 0 Å². The van der Waals surface area contributed by atoms with Gasteiger partial charge in [-0.1, -0.05) is 0 Å². The zero-order valence-electron chi connectivity index (χ0n) is 12.6. The first kappa shape index (κ1) is 14.8. The van der Waals surface area contributed by atoms with E-state index in [-0.39, 0.29) is 11.5 Å². The topological polar surface area (TPSA) is 41.6 Å². The van der Waals surface area contributed by atoms with E-state index < -0.39 is 0 Å². The van der Waals surface area contributed by atoms with Crippen LogP contribution in [0.2, 0.25) is 0 Å². The molecule has 0 saturated carbocycles. The molecule has 2 heterocycles. The number of methoxy groups -OCH3 is 1. The fourth-order valence-electron chi connectivity index (χ4n) is 3.34. The Morgan fingerprint density at radius 2 is 2.16 bits per heavy atom. The molecule has 2 unspecified atom stereocenters. The molecule has 2 atom stereocenters. The van der Waals surface area contributed by atoms with Gasteiger partial charge < -0.3 is 15.0 Å². The average Bonchev–Trinajstić information content (AvgIpc) is 2.88. The number of carbonyl (C=O) groups excluding carboxylic acids is 1. The largest absolute Gasteiger partial charge is 0.378 e. The third-order valence-electron chi connectivity index (χ3n) is 4.63. The predicted octanol–water partition coefficient (Wildman–Crippen LogP) is 1.79. The second kappa shape index (κ2) is 6.23. The summed E-state index contributed by atoms with van der Waals surface area (Å²) in [7, 11) is 1.68. The van der Waals surface area contributed by atoms with Crippen molar-refractivity contribution >= 4 is 5.91 Å². The first-order valence-corrected chi connectivity index (χ1v) is 7.59. The maximum absolute atomic E-state index is 12.5. The Kier molecular flexibility index (Phi) is 4.85. The lowest BCUT2D eigenvalue weighted by atomic mass is 9.90. The van der Waals surface area contributed by atoms with Gasteiger partial charge in [-0.3, -0.25) is 4.79 Å².